The van der Waals surface area contributed by atoms with Crippen LogP contribution >= 0.6 is 0 Å². The first-order valence-electron chi connectivity index (χ1n) is 7.62. The molecule has 2 aromatic carbocycles. The van der Waals surface area contributed by atoms with Crippen molar-refractivity contribution in [3.8, 4) is 0 Å². The van der Waals surface area contributed by atoms with Crippen LogP contribution in [0.2, 0.25) is 0 Å². The van der Waals surface area contributed by atoms with E-state index >= 15 is 0 Å². The maximum Gasteiger partial charge on any atom is 0.261 e. The third kappa shape index (κ3) is 1.64. The topological polar surface area (TPSA) is 57.7 Å². The van der Waals surface area contributed by atoms with Gasteiger partial charge in [-0.3, -0.25) is 19.3 Å². The normalized spacial score (nSPS) is 20.3. The molecule has 0 spiro atoms. The van der Waals surface area contributed by atoms with E-state index in [1.54, 1.807) is 23.1 Å². The van der Waals surface area contributed by atoms with Gasteiger partial charge in [0.15, 0.2) is 0 Å². The van der Waals surface area contributed by atoms with Gasteiger partial charge in [0.25, 0.3) is 11.8 Å². The minimum atomic E-state index is -0.300. The van der Waals surface area contributed by atoms with Crippen molar-refractivity contribution in [2.75, 3.05) is 18.5 Å². The average Bonchev–Trinajstić information content (AvgIpc) is 2.55. The van der Waals surface area contributed by atoms with Crippen molar-refractivity contribution >= 4 is 34.2 Å². The van der Waals surface area contributed by atoms with Crippen molar-refractivity contribution in [2.24, 2.45) is 5.92 Å². The van der Waals surface area contributed by atoms with E-state index in [9.17, 15) is 14.4 Å². The van der Waals surface area contributed by atoms with E-state index in [1.807, 2.05) is 19.9 Å². The number of rotatable bonds is 1. The molecule has 5 nitrogen and oxygen atoms in total. The third-order valence-corrected chi connectivity index (χ3v) is 4.81. The molecule has 1 unspecified atom stereocenters. The van der Waals surface area contributed by atoms with Gasteiger partial charge in [-0.1, -0.05) is 19.1 Å². The number of β-lactam (4-membered cyclic amide) rings is 1. The standard InChI is InChI=1S/C18H16N2O3/c1-9-7-13-14-11(15(9)20-8-10(2)16(20)21)5-4-6-12(14)17(22)19(3)18(13)23/h4-7,10H,8H2,1-3H3. The monoisotopic (exact) mass is 308 g/mol. The summed E-state index contributed by atoms with van der Waals surface area (Å²) in [5.41, 5.74) is 2.74. The largest absolute Gasteiger partial charge is 0.310 e. The summed E-state index contributed by atoms with van der Waals surface area (Å²) in [4.78, 5) is 39.9. The summed E-state index contributed by atoms with van der Waals surface area (Å²) in [6.45, 7) is 4.47. The fourth-order valence-corrected chi connectivity index (χ4v) is 3.57. The molecular formula is C18H16N2O3. The van der Waals surface area contributed by atoms with E-state index in [0.717, 1.165) is 21.5 Å². The molecule has 0 aromatic heterocycles. The molecule has 116 valence electrons. The Morgan fingerprint density at radius 1 is 1.09 bits per heavy atom. The van der Waals surface area contributed by atoms with Gasteiger partial charge in [-0.05, 0) is 24.6 Å². The molecule has 4 rings (SSSR count). The summed E-state index contributed by atoms with van der Waals surface area (Å²) >= 11 is 0. The predicted octanol–water partition coefficient (Wildman–Crippen LogP) is 2.36. The zero-order chi connectivity index (χ0) is 16.5. The number of nitrogens with zero attached hydrogens (tertiary/aromatic N) is 2. The van der Waals surface area contributed by atoms with E-state index in [-0.39, 0.29) is 23.6 Å². The number of hydrogen-bond donors (Lipinski definition) is 0. The van der Waals surface area contributed by atoms with Crippen molar-refractivity contribution in [1.29, 1.82) is 0 Å². The average molecular weight is 308 g/mol. The Balaban J connectivity index is 2.07. The summed E-state index contributed by atoms with van der Waals surface area (Å²) in [6.07, 6.45) is 0. The number of amides is 3. The molecule has 2 aliphatic heterocycles. The molecule has 5 heteroatoms. The van der Waals surface area contributed by atoms with Crippen LogP contribution in [0.3, 0.4) is 0 Å². The van der Waals surface area contributed by atoms with Crippen molar-refractivity contribution in [2.45, 2.75) is 13.8 Å². The summed E-state index contributed by atoms with van der Waals surface area (Å²) < 4.78 is 0. The second-order valence-corrected chi connectivity index (χ2v) is 6.34. The lowest BCUT2D eigenvalue weighted by atomic mass is 9.89. The highest BCUT2D eigenvalue weighted by Crippen LogP contribution is 2.40. The molecule has 0 aliphatic carbocycles. The molecule has 0 bridgehead atoms. The summed E-state index contributed by atoms with van der Waals surface area (Å²) in [7, 11) is 1.50. The van der Waals surface area contributed by atoms with Gasteiger partial charge in [-0.15, -0.1) is 0 Å². The smallest absolute Gasteiger partial charge is 0.261 e. The van der Waals surface area contributed by atoms with Gasteiger partial charge in [0.2, 0.25) is 5.91 Å². The van der Waals surface area contributed by atoms with Gasteiger partial charge in [0.05, 0.1) is 11.6 Å². The Kier molecular flexibility index (Phi) is 2.67. The van der Waals surface area contributed by atoms with Crippen molar-refractivity contribution < 1.29 is 14.4 Å². The summed E-state index contributed by atoms with van der Waals surface area (Å²) in [5, 5.41) is 1.46. The zero-order valence-corrected chi connectivity index (χ0v) is 13.2. The lowest BCUT2D eigenvalue weighted by Gasteiger charge is -2.39. The van der Waals surface area contributed by atoms with Gasteiger partial charge < -0.3 is 4.90 Å². The minimum Gasteiger partial charge on any atom is -0.310 e. The van der Waals surface area contributed by atoms with E-state index in [4.69, 9.17) is 0 Å². The fraction of sp³-hybridized carbons (Fsp3) is 0.278. The van der Waals surface area contributed by atoms with E-state index in [2.05, 4.69) is 0 Å². The quantitative estimate of drug-likeness (QED) is 0.600. The molecule has 2 aromatic rings. The minimum absolute atomic E-state index is 0.0228. The molecule has 3 amide bonds. The highest BCUT2D eigenvalue weighted by molar-refractivity contribution is 6.27. The number of imide groups is 1. The number of carbonyl (C=O) groups is 3. The molecule has 1 saturated heterocycles. The first-order chi connectivity index (χ1) is 10.9. The van der Waals surface area contributed by atoms with Gasteiger partial charge in [0, 0.05) is 35.5 Å². The van der Waals surface area contributed by atoms with Crippen LogP contribution in [0, 0.1) is 12.8 Å². The maximum atomic E-state index is 12.5. The number of benzene rings is 2. The van der Waals surface area contributed by atoms with E-state index in [0.29, 0.717) is 23.1 Å². The molecule has 1 fully saturated rings. The van der Waals surface area contributed by atoms with Gasteiger partial charge >= 0.3 is 0 Å². The second kappa shape index (κ2) is 4.41. The lowest BCUT2D eigenvalue weighted by molar-refractivity contribution is -0.126. The fourth-order valence-electron chi connectivity index (χ4n) is 3.57. The third-order valence-electron chi connectivity index (χ3n) is 4.81. The highest BCUT2D eigenvalue weighted by atomic mass is 16.2. The molecular weight excluding hydrogens is 292 g/mol. The molecule has 1 atom stereocenters. The molecule has 2 heterocycles. The Labute approximate surface area is 133 Å². The van der Waals surface area contributed by atoms with Crippen molar-refractivity contribution in [3.05, 3.63) is 41.0 Å². The Morgan fingerprint density at radius 2 is 1.78 bits per heavy atom. The van der Waals surface area contributed by atoms with Crippen LogP contribution in [0.15, 0.2) is 24.3 Å². The molecule has 0 N–H and O–H groups in total. The van der Waals surface area contributed by atoms with Crippen LogP contribution in [0.1, 0.15) is 33.2 Å². The van der Waals surface area contributed by atoms with Crippen molar-refractivity contribution in [1.82, 2.24) is 4.90 Å². The number of carbonyl (C=O) groups excluding carboxylic acids is 3. The first-order valence-corrected chi connectivity index (χ1v) is 7.62. The first kappa shape index (κ1) is 13.9. The second-order valence-electron chi connectivity index (χ2n) is 6.34. The van der Waals surface area contributed by atoms with Gasteiger partial charge in [-0.2, -0.15) is 0 Å². The number of hydrogen-bond acceptors (Lipinski definition) is 3. The molecule has 0 radical (unpaired) electrons. The predicted molar refractivity (Wildman–Crippen MR) is 86.6 cm³/mol. The molecule has 23 heavy (non-hydrogen) atoms. The lowest BCUT2D eigenvalue weighted by Crippen LogP contribution is -2.51. The van der Waals surface area contributed by atoms with Crippen molar-refractivity contribution in [3.63, 3.8) is 0 Å². The maximum absolute atomic E-state index is 12.5. The molecule has 2 aliphatic rings. The van der Waals surface area contributed by atoms with Crippen LogP contribution in [0.4, 0.5) is 5.69 Å². The van der Waals surface area contributed by atoms with E-state index in [1.165, 1.54) is 7.05 Å². The van der Waals surface area contributed by atoms with Crippen LogP contribution in [0.5, 0.6) is 0 Å². The zero-order valence-electron chi connectivity index (χ0n) is 13.2. The SMILES string of the molecule is Cc1cc2c3c(cccc3c1N1CC(C)C1=O)C(=O)N(C)C2=O. The van der Waals surface area contributed by atoms with E-state index < -0.39 is 0 Å². The van der Waals surface area contributed by atoms with Crippen LogP contribution in [0.25, 0.3) is 10.8 Å². The Bertz CT molecular complexity index is 916. The summed E-state index contributed by atoms with van der Waals surface area (Å²) in [5.74, 6) is -0.489. The Morgan fingerprint density at radius 3 is 2.43 bits per heavy atom. The highest BCUT2D eigenvalue weighted by Gasteiger charge is 2.38. The number of aryl methyl sites for hydroxylation is 1. The number of anilines is 1. The Hall–Kier alpha value is -2.69. The van der Waals surface area contributed by atoms with Crippen LogP contribution < -0.4 is 4.90 Å². The van der Waals surface area contributed by atoms with Crippen LogP contribution in [-0.4, -0.2) is 36.2 Å². The van der Waals surface area contributed by atoms with Gasteiger partial charge in [0.1, 0.15) is 0 Å². The van der Waals surface area contributed by atoms with Crippen LogP contribution in [-0.2, 0) is 4.79 Å². The molecule has 0 saturated carbocycles. The summed E-state index contributed by atoms with van der Waals surface area (Å²) in [6, 6.07) is 7.21. The van der Waals surface area contributed by atoms with Gasteiger partial charge in [-0.25, -0.2) is 0 Å².